The van der Waals surface area contributed by atoms with Gasteiger partial charge in [0, 0.05) is 31.7 Å². The zero-order valence-corrected chi connectivity index (χ0v) is 12.3. The van der Waals surface area contributed by atoms with Crippen LogP contribution in [-0.2, 0) is 6.54 Å². The third-order valence-electron chi connectivity index (χ3n) is 3.79. The lowest BCUT2D eigenvalue weighted by molar-refractivity contribution is 0.178. The second-order valence-electron chi connectivity index (χ2n) is 5.04. The lowest BCUT2D eigenvalue weighted by Crippen LogP contribution is -2.49. The van der Waals surface area contributed by atoms with Gasteiger partial charge in [0.05, 0.1) is 17.1 Å². The number of nitrogens with zero attached hydrogens (tertiary/aromatic N) is 2. The maximum Gasteiger partial charge on any atom is 0.320 e. The van der Waals surface area contributed by atoms with Gasteiger partial charge in [-0.15, -0.1) is 0 Å². The fourth-order valence-electron chi connectivity index (χ4n) is 2.73. The number of rotatable bonds is 2. The summed E-state index contributed by atoms with van der Waals surface area (Å²) in [5.74, 6) is -1.26. The Morgan fingerprint density at radius 2 is 2.20 bits per heavy atom. The van der Waals surface area contributed by atoms with Crippen LogP contribution in [0.5, 0.6) is 0 Å². The Bertz CT molecular complexity index is 555. The number of carbonyl (C=O) groups is 1. The summed E-state index contributed by atoms with van der Waals surface area (Å²) in [4.78, 5) is 15.5. The van der Waals surface area contributed by atoms with Crippen molar-refractivity contribution in [3.8, 4) is 0 Å². The van der Waals surface area contributed by atoms with Crippen molar-refractivity contribution in [2.24, 2.45) is 0 Å². The average Bonchev–Trinajstić information content (AvgIpc) is 2.76. The molecule has 2 amide bonds. The van der Waals surface area contributed by atoms with E-state index in [1.54, 1.807) is 4.90 Å². The molecule has 2 heterocycles. The van der Waals surface area contributed by atoms with Gasteiger partial charge < -0.3 is 15.1 Å². The number of piperazine rings is 1. The molecular weight excluding hydrogens is 332 g/mol. The van der Waals surface area contributed by atoms with Crippen LogP contribution < -0.4 is 5.32 Å². The van der Waals surface area contributed by atoms with Crippen LogP contribution in [0.1, 0.15) is 5.56 Å². The lowest BCUT2D eigenvalue weighted by atomic mass is 10.2. The van der Waals surface area contributed by atoms with Crippen molar-refractivity contribution in [2.45, 2.75) is 12.6 Å². The third-order valence-corrected chi connectivity index (χ3v) is 4.40. The van der Waals surface area contributed by atoms with E-state index in [0.717, 1.165) is 13.1 Å². The Balaban J connectivity index is 1.82. The molecule has 0 spiro atoms. The zero-order valence-electron chi connectivity index (χ0n) is 10.7. The summed E-state index contributed by atoms with van der Waals surface area (Å²) >= 11 is 3.04. The molecule has 0 bridgehead atoms. The highest BCUT2D eigenvalue weighted by molar-refractivity contribution is 9.10. The van der Waals surface area contributed by atoms with Crippen LogP contribution in [0, 0.1) is 11.6 Å². The normalized spacial score (nSPS) is 22.4. The number of amides is 2. The molecule has 2 aliphatic heterocycles. The minimum Gasteiger partial charge on any atom is -0.318 e. The van der Waals surface area contributed by atoms with Crippen molar-refractivity contribution < 1.29 is 13.6 Å². The van der Waals surface area contributed by atoms with E-state index in [2.05, 4.69) is 21.2 Å². The van der Waals surface area contributed by atoms with Crippen molar-refractivity contribution in [1.29, 1.82) is 0 Å². The van der Waals surface area contributed by atoms with Gasteiger partial charge in [0.1, 0.15) is 11.6 Å². The van der Waals surface area contributed by atoms with E-state index < -0.39 is 11.6 Å². The Kier molecular flexibility index (Phi) is 3.64. The van der Waals surface area contributed by atoms with E-state index in [1.807, 2.05) is 0 Å². The Hall–Kier alpha value is -1.21. The van der Waals surface area contributed by atoms with Gasteiger partial charge in [0.25, 0.3) is 0 Å². The lowest BCUT2D eigenvalue weighted by Gasteiger charge is -2.28. The molecule has 2 saturated heterocycles. The molecule has 0 aliphatic carbocycles. The number of hydrogen-bond donors (Lipinski definition) is 1. The maximum absolute atomic E-state index is 14.0. The van der Waals surface area contributed by atoms with E-state index in [4.69, 9.17) is 0 Å². The van der Waals surface area contributed by atoms with Crippen LogP contribution in [0.2, 0.25) is 0 Å². The van der Waals surface area contributed by atoms with Gasteiger partial charge in [-0.2, -0.15) is 0 Å². The molecule has 2 aliphatic rings. The quantitative estimate of drug-likeness (QED) is 0.831. The molecule has 0 radical (unpaired) electrons. The number of urea groups is 1. The molecule has 20 heavy (non-hydrogen) atoms. The van der Waals surface area contributed by atoms with Crippen LogP contribution in [-0.4, -0.2) is 48.1 Å². The molecule has 1 aromatic rings. The second kappa shape index (κ2) is 5.29. The first-order valence-electron chi connectivity index (χ1n) is 6.46. The van der Waals surface area contributed by atoms with Gasteiger partial charge in [-0.25, -0.2) is 13.6 Å². The molecule has 0 saturated carbocycles. The predicted octanol–water partition coefficient (Wildman–Crippen LogP) is 1.94. The summed E-state index contributed by atoms with van der Waals surface area (Å²) in [7, 11) is 0. The first-order chi connectivity index (χ1) is 9.58. The van der Waals surface area contributed by atoms with E-state index in [-0.39, 0.29) is 28.7 Å². The smallest absolute Gasteiger partial charge is 0.318 e. The molecular formula is C13H14BrF2N3O. The van der Waals surface area contributed by atoms with Crippen LogP contribution in [0.15, 0.2) is 16.6 Å². The highest BCUT2D eigenvalue weighted by Crippen LogP contribution is 2.25. The van der Waals surface area contributed by atoms with E-state index >= 15 is 0 Å². The molecule has 0 aromatic heterocycles. The third kappa shape index (κ3) is 2.29. The monoisotopic (exact) mass is 345 g/mol. The predicted molar refractivity (Wildman–Crippen MR) is 73.2 cm³/mol. The SMILES string of the molecule is O=C1N(Cc2c(F)ccc(Br)c2F)CC2CNCCN12. The van der Waals surface area contributed by atoms with Gasteiger partial charge in [-0.05, 0) is 28.1 Å². The number of hydrogen-bond acceptors (Lipinski definition) is 2. The van der Waals surface area contributed by atoms with Crippen LogP contribution >= 0.6 is 15.9 Å². The van der Waals surface area contributed by atoms with Crippen molar-refractivity contribution in [1.82, 2.24) is 15.1 Å². The summed E-state index contributed by atoms with van der Waals surface area (Å²) in [6, 6.07) is 2.48. The summed E-state index contributed by atoms with van der Waals surface area (Å²) in [6.07, 6.45) is 0. The van der Waals surface area contributed by atoms with Crippen LogP contribution in [0.4, 0.5) is 13.6 Å². The molecule has 1 aromatic carbocycles. The number of benzene rings is 1. The fourth-order valence-corrected chi connectivity index (χ4v) is 3.10. The molecule has 108 valence electrons. The van der Waals surface area contributed by atoms with Crippen molar-refractivity contribution in [3.05, 3.63) is 33.8 Å². The maximum atomic E-state index is 14.0. The zero-order chi connectivity index (χ0) is 14.3. The summed E-state index contributed by atoms with van der Waals surface area (Å²) in [6.45, 7) is 2.59. The van der Waals surface area contributed by atoms with Gasteiger partial charge in [-0.1, -0.05) is 0 Å². The van der Waals surface area contributed by atoms with Gasteiger partial charge in [0.2, 0.25) is 0 Å². The van der Waals surface area contributed by atoms with Gasteiger partial charge in [0.15, 0.2) is 0 Å². The fraction of sp³-hybridized carbons (Fsp3) is 0.462. The summed E-state index contributed by atoms with van der Waals surface area (Å²) in [5, 5.41) is 3.22. The number of halogens is 3. The molecule has 7 heteroatoms. The minimum absolute atomic E-state index is 0.0388. The van der Waals surface area contributed by atoms with E-state index in [0.29, 0.717) is 13.1 Å². The number of nitrogens with one attached hydrogen (secondary N) is 1. The minimum atomic E-state index is -0.638. The van der Waals surface area contributed by atoms with Crippen LogP contribution in [0.3, 0.4) is 0 Å². The summed E-state index contributed by atoms with van der Waals surface area (Å²) < 4.78 is 27.9. The van der Waals surface area contributed by atoms with Crippen molar-refractivity contribution >= 4 is 22.0 Å². The van der Waals surface area contributed by atoms with Crippen LogP contribution in [0.25, 0.3) is 0 Å². The first kappa shape index (κ1) is 13.8. The standard InChI is InChI=1S/C13H14BrF2N3O/c14-10-1-2-11(15)9(12(10)16)7-18-6-8-5-17-3-4-19(8)13(18)20/h1-2,8,17H,3-7H2. The topological polar surface area (TPSA) is 35.6 Å². The second-order valence-corrected chi connectivity index (χ2v) is 5.89. The molecule has 2 fully saturated rings. The first-order valence-corrected chi connectivity index (χ1v) is 7.26. The Morgan fingerprint density at radius 3 is 2.95 bits per heavy atom. The summed E-state index contributed by atoms with van der Waals surface area (Å²) in [5.41, 5.74) is -0.0690. The van der Waals surface area contributed by atoms with E-state index in [9.17, 15) is 13.6 Å². The van der Waals surface area contributed by atoms with Crippen molar-refractivity contribution in [2.75, 3.05) is 26.2 Å². The highest BCUT2D eigenvalue weighted by Gasteiger charge is 2.38. The Labute approximate surface area is 123 Å². The molecule has 1 unspecified atom stereocenters. The van der Waals surface area contributed by atoms with E-state index in [1.165, 1.54) is 17.0 Å². The average molecular weight is 346 g/mol. The number of carbonyl (C=O) groups excluding carboxylic acids is 1. The van der Waals surface area contributed by atoms with Gasteiger partial charge in [-0.3, -0.25) is 0 Å². The van der Waals surface area contributed by atoms with Gasteiger partial charge >= 0.3 is 6.03 Å². The molecule has 1 atom stereocenters. The molecule has 4 nitrogen and oxygen atoms in total. The Morgan fingerprint density at radius 1 is 1.40 bits per heavy atom. The molecule has 1 N–H and O–H groups in total. The number of fused-ring (bicyclic) bond motifs is 1. The molecule has 3 rings (SSSR count). The largest absolute Gasteiger partial charge is 0.320 e. The highest BCUT2D eigenvalue weighted by atomic mass is 79.9. The van der Waals surface area contributed by atoms with Crippen molar-refractivity contribution in [3.63, 3.8) is 0 Å².